The minimum absolute atomic E-state index is 0.183. The van der Waals surface area contributed by atoms with Gasteiger partial charge in [0.05, 0.1) is 19.0 Å². The molecule has 1 fully saturated rings. The highest BCUT2D eigenvalue weighted by atomic mass is 31.2. The number of rotatable bonds is 4. The SMILES string of the molecule is Nc1ncnc2c1ncn2[C@@H]1O[C@H](COP(=O)(O)O)[C@@H](O)[C@H]1N. The van der Waals surface area contributed by atoms with Crippen molar-refractivity contribution in [2.24, 2.45) is 5.73 Å². The summed E-state index contributed by atoms with van der Waals surface area (Å²) in [7, 11) is -4.68. The van der Waals surface area contributed by atoms with E-state index in [4.69, 9.17) is 26.0 Å². The first kappa shape index (κ1) is 16.2. The number of aromatic nitrogens is 4. The van der Waals surface area contributed by atoms with Crippen LogP contribution in [0, 0.1) is 0 Å². The van der Waals surface area contributed by atoms with Crippen molar-refractivity contribution in [1.29, 1.82) is 0 Å². The Morgan fingerprint density at radius 1 is 1.39 bits per heavy atom. The van der Waals surface area contributed by atoms with E-state index in [9.17, 15) is 9.67 Å². The Balaban J connectivity index is 1.85. The third kappa shape index (κ3) is 3.05. The van der Waals surface area contributed by atoms with E-state index in [1.54, 1.807) is 0 Å². The Labute approximate surface area is 129 Å². The number of nitrogens with zero attached hydrogens (tertiary/aromatic N) is 4. The topological polar surface area (TPSA) is 192 Å². The molecule has 23 heavy (non-hydrogen) atoms. The number of imidazole rings is 1. The lowest BCUT2D eigenvalue weighted by Crippen LogP contribution is -2.40. The first-order valence-electron chi connectivity index (χ1n) is 6.50. The van der Waals surface area contributed by atoms with E-state index in [2.05, 4.69) is 19.5 Å². The molecule has 2 aromatic heterocycles. The quantitative estimate of drug-likeness (QED) is 0.388. The van der Waals surface area contributed by atoms with Gasteiger partial charge < -0.3 is 31.1 Å². The van der Waals surface area contributed by atoms with Crippen LogP contribution in [0.25, 0.3) is 11.2 Å². The maximum Gasteiger partial charge on any atom is 0.469 e. The predicted octanol–water partition coefficient (Wildman–Crippen LogP) is -1.90. The lowest BCUT2D eigenvalue weighted by Gasteiger charge is -2.17. The molecule has 1 saturated heterocycles. The van der Waals surface area contributed by atoms with Crippen molar-refractivity contribution < 1.29 is 28.7 Å². The number of anilines is 1. The van der Waals surface area contributed by atoms with Crippen molar-refractivity contribution in [2.45, 2.75) is 24.5 Å². The number of hydrogen-bond acceptors (Lipinski definition) is 9. The molecule has 0 saturated carbocycles. The molecular formula is C10H15N6O6P. The number of ether oxygens (including phenoxy) is 1. The summed E-state index contributed by atoms with van der Waals surface area (Å²) in [4.78, 5) is 29.4. The summed E-state index contributed by atoms with van der Waals surface area (Å²) >= 11 is 0. The normalized spacial score (nSPS) is 28.5. The van der Waals surface area contributed by atoms with Crippen LogP contribution in [0.4, 0.5) is 5.82 Å². The number of aliphatic hydroxyl groups is 1. The monoisotopic (exact) mass is 346 g/mol. The summed E-state index contributed by atoms with van der Waals surface area (Å²) in [6, 6.07) is -0.881. The maximum absolute atomic E-state index is 10.8. The van der Waals surface area contributed by atoms with E-state index in [0.29, 0.717) is 11.2 Å². The standard InChI is InChI=1S/C10H15N6O6P/c11-5-7(17)4(1-21-23(18,19)20)22-10(5)16-3-15-6-8(12)13-2-14-9(6)16/h2-5,7,10,17H,1,11H2,(H2,12,13,14)(H2,18,19,20)/t4-,5-,7-,10-/m1/s1. The Hall–Kier alpha value is -1.66. The average Bonchev–Trinajstić information content (AvgIpc) is 3.01. The predicted molar refractivity (Wildman–Crippen MR) is 75.6 cm³/mol. The second kappa shape index (κ2) is 5.76. The number of nitrogens with two attached hydrogens (primary N) is 2. The molecule has 0 aliphatic carbocycles. The van der Waals surface area contributed by atoms with E-state index in [0.717, 1.165) is 0 Å². The number of fused-ring (bicyclic) bond motifs is 1. The van der Waals surface area contributed by atoms with Crippen molar-refractivity contribution >= 4 is 24.8 Å². The van der Waals surface area contributed by atoms with E-state index < -0.39 is 38.9 Å². The molecule has 4 atom stereocenters. The lowest BCUT2D eigenvalue weighted by molar-refractivity contribution is -0.0429. The Bertz CT molecular complexity index is 763. The van der Waals surface area contributed by atoms with Crippen LogP contribution in [0.5, 0.6) is 0 Å². The molecule has 0 radical (unpaired) electrons. The molecule has 126 valence electrons. The van der Waals surface area contributed by atoms with Gasteiger partial charge >= 0.3 is 7.82 Å². The summed E-state index contributed by atoms with van der Waals surface area (Å²) < 4.78 is 22.1. The Morgan fingerprint density at radius 3 is 2.83 bits per heavy atom. The van der Waals surface area contributed by atoms with Gasteiger partial charge in [0.2, 0.25) is 0 Å². The van der Waals surface area contributed by atoms with Crippen LogP contribution in [0.15, 0.2) is 12.7 Å². The van der Waals surface area contributed by atoms with Gasteiger partial charge in [-0.05, 0) is 0 Å². The van der Waals surface area contributed by atoms with Crippen LogP contribution >= 0.6 is 7.82 Å². The molecule has 0 spiro atoms. The molecule has 1 aliphatic heterocycles. The van der Waals surface area contributed by atoms with Crippen LogP contribution < -0.4 is 11.5 Å². The van der Waals surface area contributed by atoms with Crippen LogP contribution in [0.2, 0.25) is 0 Å². The molecule has 0 bridgehead atoms. The highest BCUT2D eigenvalue weighted by Gasteiger charge is 2.44. The molecule has 3 rings (SSSR count). The van der Waals surface area contributed by atoms with Crippen LogP contribution in [-0.4, -0.2) is 59.3 Å². The summed E-state index contributed by atoms with van der Waals surface area (Å²) in [6.45, 7) is -0.514. The van der Waals surface area contributed by atoms with Crippen LogP contribution in [-0.2, 0) is 13.8 Å². The molecule has 1 aliphatic rings. The summed E-state index contributed by atoms with van der Waals surface area (Å²) in [6.07, 6.45) is -0.419. The van der Waals surface area contributed by atoms with E-state index in [1.165, 1.54) is 17.2 Å². The highest BCUT2D eigenvalue weighted by Crippen LogP contribution is 2.38. The smallest absolute Gasteiger partial charge is 0.389 e. The van der Waals surface area contributed by atoms with Crippen molar-refractivity contribution in [2.75, 3.05) is 12.3 Å². The lowest BCUT2D eigenvalue weighted by atomic mass is 10.1. The van der Waals surface area contributed by atoms with Crippen molar-refractivity contribution in [1.82, 2.24) is 19.5 Å². The third-order valence-corrected chi connectivity index (χ3v) is 3.97. The number of phosphoric ester groups is 1. The first-order chi connectivity index (χ1) is 10.8. The fourth-order valence-electron chi connectivity index (χ4n) is 2.38. The van der Waals surface area contributed by atoms with E-state index in [-0.39, 0.29) is 5.82 Å². The molecule has 0 amide bonds. The minimum atomic E-state index is -4.68. The van der Waals surface area contributed by atoms with Crippen molar-refractivity contribution in [3.8, 4) is 0 Å². The molecule has 2 aromatic rings. The van der Waals surface area contributed by atoms with Gasteiger partial charge in [0, 0.05) is 0 Å². The fraction of sp³-hybridized carbons (Fsp3) is 0.500. The molecule has 12 nitrogen and oxygen atoms in total. The van der Waals surface area contributed by atoms with E-state index in [1.807, 2.05) is 0 Å². The third-order valence-electron chi connectivity index (χ3n) is 3.49. The van der Waals surface area contributed by atoms with Gasteiger partial charge in [0.15, 0.2) is 17.7 Å². The molecule has 0 aromatic carbocycles. The molecule has 3 heterocycles. The minimum Gasteiger partial charge on any atom is -0.389 e. The van der Waals surface area contributed by atoms with Crippen LogP contribution in [0.3, 0.4) is 0 Å². The van der Waals surface area contributed by atoms with Gasteiger partial charge in [-0.15, -0.1) is 0 Å². The van der Waals surface area contributed by atoms with Gasteiger partial charge in [-0.1, -0.05) is 0 Å². The summed E-state index contributed by atoms with van der Waals surface area (Å²) in [5.74, 6) is 0.183. The largest absolute Gasteiger partial charge is 0.469 e. The Kier molecular flexibility index (Phi) is 4.06. The van der Waals surface area contributed by atoms with Crippen LogP contribution in [0.1, 0.15) is 6.23 Å². The number of nitrogen functional groups attached to an aromatic ring is 1. The van der Waals surface area contributed by atoms with E-state index >= 15 is 0 Å². The molecule has 0 unspecified atom stereocenters. The number of phosphoric acid groups is 1. The summed E-state index contributed by atoms with van der Waals surface area (Å²) in [5.41, 5.74) is 12.3. The van der Waals surface area contributed by atoms with Gasteiger partial charge in [-0.2, -0.15) is 0 Å². The maximum atomic E-state index is 10.8. The molecule has 7 N–H and O–H groups in total. The van der Waals surface area contributed by atoms with Gasteiger partial charge in [0.1, 0.15) is 24.1 Å². The molecule has 13 heteroatoms. The second-order valence-electron chi connectivity index (χ2n) is 5.00. The molecular weight excluding hydrogens is 331 g/mol. The zero-order chi connectivity index (χ0) is 16.8. The summed E-state index contributed by atoms with van der Waals surface area (Å²) in [5, 5.41) is 10.1. The average molecular weight is 346 g/mol. The van der Waals surface area contributed by atoms with Gasteiger partial charge in [-0.3, -0.25) is 9.09 Å². The Morgan fingerprint density at radius 2 is 2.13 bits per heavy atom. The first-order valence-corrected chi connectivity index (χ1v) is 8.03. The zero-order valence-corrected chi connectivity index (χ0v) is 12.5. The second-order valence-corrected chi connectivity index (χ2v) is 6.24. The zero-order valence-electron chi connectivity index (χ0n) is 11.6. The van der Waals surface area contributed by atoms with Crippen molar-refractivity contribution in [3.63, 3.8) is 0 Å². The fourth-order valence-corrected chi connectivity index (χ4v) is 2.72. The van der Waals surface area contributed by atoms with Crippen molar-refractivity contribution in [3.05, 3.63) is 12.7 Å². The number of aliphatic hydroxyl groups excluding tert-OH is 1. The van der Waals surface area contributed by atoms with Gasteiger partial charge in [0.25, 0.3) is 0 Å². The number of hydrogen-bond donors (Lipinski definition) is 5. The highest BCUT2D eigenvalue weighted by molar-refractivity contribution is 7.46. The van der Waals surface area contributed by atoms with Gasteiger partial charge in [-0.25, -0.2) is 19.5 Å².